The van der Waals surface area contributed by atoms with E-state index < -0.39 is 0 Å². The Kier molecular flexibility index (Phi) is 6.18. The summed E-state index contributed by atoms with van der Waals surface area (Å²) in [5.74, 6) is 1.13. The lowest BCUT2D eigenvalue weighted by atomic mass is 9.83. The first kappa shape index (κ1) is 20.6. The predicted octanol–water partition coefficient (Wildman–Crippen LogP) is 2.20. The van der Waals surface area contributed by atoms with Gasteiger partial charge in [-0.05, 0) is 44.7 Å². The maximum atomic E-state index is 13.3. The molecule has 4 aliphatic heterocycles. The zero-order valence-corrected chi connectivity index (χ0v) is 17.5. The van der Waals surface area contributed by atoms with Gasteiger partial charge in [-0.15, -0.1) is 0 Å². The van der Waals surface area contributed by atoms with Crippen molar-refractivity contribution in [2.75, 3.05) is 26.2 Å². The molecule has 30 heavy (non-hydrogen) atoms. The molecule has 1 atom stereocenters. The number of hydrogen-bond donors (Lipinski definition) is 1. The molecule has 160 valence electrons. The van der Waals surface area contributed by atoms with Gasteiger partial charge in [0, 0.05) is 43.4 Å². The number of carboxylic acid groups (broad SMARTS) is 1. The molecule has 1 aromatic heterocycles. The van der Waals surface area contributed by atoms with E-state index in [1.165, 1.54) is 29.7 Å². The fourth-order valence-electron chi connectivity index (χ4n) is 5.26. The van der Waals surface area contributed by atoms with Crippen molar-refractivity contribution in [1.82, 2.24) is 19.6 Å². The van der Waals surface area contributed by atoms with Crippen molar-refractivity contribution in [2.24, 2.45) is 13.0 Å². The second-order valence-corrected chi connectivity index (χ2v) is 8.43. The number of carbonyl (C=O) groups is 2. The lowest BCUT2D eigenvalue weighted by Gasteiger charge is -2.45. The van der Waals surface area contributed by atoms with Crippen LogP contribution in [0.1, 0.15) is 30.5 Å². The third kappa shape index (κ3) is 3.99. The van der Waals surface area contributed by atoms with Crippen LogP contribution >= 0.6 is 0 Å². The Morgan fingerprint density at radius 1 is 1.10 bits per heavy atom. The summed E-state index contributed by atoms with van der Waals surface area (Å²) in [5, 5.41) is 11.7. The Labute approximate surface area is 177 Å². The van der Waals surface area contributed by atoms with E-state index in [0.717, 1.165) is 57.1 Å². The highest BCUT2D eigenvalue weighted by molar-refractivity contribution is 5.82. The second-order valence-electron chi connectivity index (χ2n) is 8.43. The molecule has 0 saturated carbocycles. The van der Waals surface area contributed by atoms with E-state index in [1.54, 1.807) is 0 Å². The highest BCUT2D eigenvalue weighted by Crippen LogP contribution is 2.33. The highest BCUT2D eigenvalue weighted by Gasteiger charge is 2.39. The van der Waals surface area contributed by atoms with E-state index in [9.17, 15) is 4.79 Å². The average molecular weight is 411 g/mol. The Balaban J connectivity index is 0.000000687. The van der Waals surface area contributed by atoms with E-state index in [1.807, 2.05) is 17.8 Å². The number of aryl methyl sites for hydroxylation is 1. The summed E-state index contributed by atoms with van der Waals surface area (Å²) in [7, 11) is 2.04. The minimum absolute atomic E-state index is 0.130. The van der Waals surface area contributed by atoms with Gasteiger partial charge in [0.05, 0.1) is 11.7 Å². The normalized spacial score (nSPS) is 25.0. The van der Waals surface area contributed by atoms with E-state index in [2.05, 4.69) is 34.1 Å². The second kappa shape index (κ2) is 9.00. The molecule has 1 amide bonds. The smallest absolute Gasteiger partial charge is 0.290 e. The lowest BCUT2D eigenvalue weighted by molar-refractivity contribution is -0.141. The number of nitrogens with zero attached hydrogens (tertiary/aromatic N) is 4. The Hall–Kier alpha value is -2.67. The summed E-state index contributed by atoms with van der Waals surface area (Å²) in [6.07, 6.45) is 5.42. The average Bonchev–Trinajstić information content (AvgIpc) is 2.96. The van der Waals surface area contributed by atoms with Crippen LogP contribution in [0.2, 0.25) is 0 Å². The predicted molar refractivity (Wildman–Crippen MR) is 114 cm³/mol. The SMILES string of the molecule is Cn1nc(-c2ccccc2)c2c1CCN(C(=O)C1CC3CCN1CC3)CC2.O=CO. The van der Waals surface area contributed by atoms with Gasteiger partial charge in [0.2, 0.25) is 5.91 Å². The van der Waals surface area contributed by atoms with Crippen molar-refractivity contribution < 1.29 is 14.7 Å². The first-order valence-corrected chi connectivity index (χ1v) is 10.8. The molecule has 1 N–H and O–H groups in total. The van der Waals surface area contributed by atoms with Crippen molar-refractivity contribution in [3.63, 3.8) is 0 Å². The molecule has 7 heteroatoms. The molecule has 6 rings (SSSR count). The lowest BCUT2D eigenvalue weighted by Crippen LogP contribution is -2.56. The zero-order chi connectivity index (χ0) is 21.1. The van der Waals surface area contributed by atoms with Crippen LogP contribution in [0, 0.1) is 5.92 Å². The molecule has 0 radical (unpaired) electrons. The molecule has 2 aromatic rings. The summed E-state index contributed by atoms with van der Waals surface area (Å²) in [6, 6.07) is 10.6. The molecule has 7 nitrogen and oxygen atoms in total. The van der Waals surface area contributed by atoms with E-state index in [4.69, 9.17) is 15.0 Å². The minimum Gasteiger partial charge on any atom is -0.483 e. The molecule has 2 bridgehead atoms. The van der Waals surface area contributed by atoms with E-state index in [-0.39, 0.29) is 12.5 Å². The monoisotopic (exact) mass is 410 g/mol. The molecular weight excluding hydrogens is 380 g/mol. The molecule has 1 aromatic carbocycles. The summed E-state index contributed by atoms with van der Waals surface area (Å²) in [5.41, 5.74) is 4.87. The third-order valence-electron chi connectivity index (χ3n) is 6.82. The fourth-order valence-corrected chi connectivity index (χ4v) is 5.26. The van der Waals surface area contributed by atoms with Gasteiger partial charge in [-0.2, -0.15) is 5.10 Å². The van der Waals surface area contributed by atoms with Crippen molar-refractivity contribution in [1.29, 1.82) is 0 Å². The van der Waals surface area contributed by atoms with Crippen LogP contribution in [-0.4, -0.2) is 69.3 Å². The van der Waals surface area contributed by atoms with Gasteiger partial charge in [-0.1, -0.05) is 30.3 Å². The van der Waals surface area contributed by atoms with Crippen molar-refractivity contribution >= 4 is 12.4 Å². The van der Waals surface area contributed by atoms with Crippen LogP contribution in [0.15, 0.2) is 30.3 Å². The first-order chi connectivity index (χ1) is 14.6. The summed E-state index contributed by atoms with van der Waals surface area (Å²) in [4.78, 5) is 26.2. The summed E-state index contributed by atoms with van der Waals surface area (Å²) in [6.45, 7) is 3.59. The number of piperidine rings is 3. The summed E-state index contributed by atoms with van der Waals surface area (Å²) < 4.78 is 2.03. The largest absolute Gasteiger partial charge is 0.483 e. The van der Waals surface area contributed by atoms with Crippen LogP contribution in [0.25, 0.3) is 11.3 Å². The number of carbonyl (C=O) groups excluding carboxylic acids is 1. The number of benzene rings is 1. The zero-order valence-electron chi connectivity index (χ0n) is 17.5. The Morgan fingerprint density at radius 3 is 2.40 bits per heavy atom. The van der Waals surface area contributed by atoms with Gasteiger partial charge < -0.3 is 10.0 Å². The molecule has 0 spiro atoms. The van der Waals surface area contributed by atoms with Crippen LogP contribution in [0.4, 0.5) is 0 Å². The maximum Gasteiger partial charge on any atom is 0.290 e. The quantitative estimate of drug-likeness (QED) is 0.768. The van der Waals surface area contributed by atoms with Crippen LogP contribution < -0.4 is 0 Å². The standard InChI is InChI=1S/C22H28N4O.CH2O2/c1-24-19-10-14-26(22(27)20-15-16-7-11-25(20)12-8-16)13-9-18(19)21(23-24)17-5-3-2-4-6-17;2-1-3/h2-6,16,20H,7-15H2,1H3;1H,(H,2,3). The van der Waals surface area contributed by atoms with Crippen LogP contribution in [0.3, 0.4) is 0 Å². The first-order valence-electron chi connectivity index (χ1n) is 10.8. The molecule has 3 saturated heterocycles. The van der Waals surface area contributed by atoms with Gasteiger partial charge in [-0.25, -0.2) is 0 Å². The highest BCUT2D eigenvalue weighted by atomic mass is 16.3. The topological polar surface area (TPSA) is 78.7 Å². The van der Waals surface area contributed by atoms with Gasteiger partial charge in [0.15, 0.2) is 0 Å². The Bertz CT molecular complexity index is 887. The molecule has 1 unspecified atom stereocenters. The molecule has 4 aliphatic rings. The van der Waals surface area contributed by atoms with Gasteiger partial charge in [0.1, 0.15) is 0 Å². The fraction of sp³-hybridized carbons (Fsp3) is 0.522. The summed E-state index contributed by atoms with van der Waals surface area (Å²) >= 11 is 0. The van der Waals surface area contributed by atoms with E-state index in [0.29, 0.717) is 5.91 Å². The number of amides is 1. The number of aromatic nitrogens is 2. The van der Waals surface area contributed by atoms with Crippen LogP contribution in [-0.2, 0) is 29.5 Å². The van der Waals surface area contributed by atoms with Crippen molar-refractivity contribution in [2.45, 2.75) is 38.1 Å². The van der Waals surface area contributed by atoms with Gasteiger partial charge >= 0.3 is 0 Å². The van der Waals surface area contributed by atoms with Gasteiger partial charge in [-0.3, -0.25) is 19.2 Å². The number of hydrogen-bond acceptors (Lipinski definition) is 4. The van der Waals surface area contributed by atoms with Crippen molar-refractivity contribution in [3.05, 3.63) is 41.6 Å². The molecule has 0 aliphatic carbocycles. The molecular formula is C23H30N4O3. The van der Waals surface area contributed by atoms with E-state index >= 15 is 0 Å². The number of fused-ring (bicyclic) bond motifs is 4. The van der Waals surface area contributed by atoms with Crippen LogP contribution in [0.5, 0.6) is 0 Å². The third-order valence-corrected chi connectivity index (χ3v) is 6.82. The minimum atomic E-state index is -0.250. The number of rotatable bonds is 2. The molecule has 5 heterocycles. The molecule has 3 fully saturated rings. The maximum absolute atomic E-state index is 13.3. The Morgan fingerprint density at radius 2 is 1.77 bits per heavy atom. The van der Waals surface area contributed by atoms with Gasteiger partial charge in [0.25, 0.3) is 6.47 Å². The van der Waals surface area contributed by atoms with Crippen molar-refractivity contribution in [3.8, 4) is 11.3 Å².